The first-order chi connectivity index (χ1) is 39.0. The van der Waals surface area contributed by atoms with Gasteiger partial charge in [-0.05, 0) is 116 Å². The highest BCUT2D eigenvalue weighted by Gasteiger charge is 2.19. The van der Waals surface area contributed by atoms with Crippen molar-refractivity contribution in [2.24, 2.45) is 0 Å². The van der Waals surface area contributed by atoms with Crippen LogP contribution in [0.25, 0.3) is 0 Å². The molecule has 0 rings (SSSR count). The molecule has 456 valence electrons. The van der Waals surface area contributed by atoms with Crippen molar-refractivity contribution >= 4 is 17.9 Å². The van der Waals surface area contributed by atoms with Crippen LogP contribution in [0, 0.1) is 0 Å². The van der Waals surface area contributed by atoms with Crippen molar-refractivity contribution in [2.45, 2.75) is 348 Å². The predicted octanol–water partition coefficient (Wildman–Crippen LogP) is 23.4. The standard InChI is InChI=1S/C73H128O6/c1-4-7-10-13-16-19-22-25-28-29-30-31-32-33-34-35-36-37-38-39-40-41-42-43-46-48-51-54-57-60-63-66-72(75)78-69-70(79-73(76)67-64-61-58-55-52-49-45-27-24-21-18-15-12-9-6-3)68-77-71(74)65-62-59-56-53-50-47-44-26-23-20-17-14-11-8-5-2/h9,12,17-18,20-21,26-27,29-30,44-45,52,55,70H,4-8,10-11,13-16,19,22-25,28,31-43,46-51,53-54,56-69H2,1-3H3/b12-9-,20-17-,21-18-,30-29-,44-26-,45-27-,55-52-. The average molecular weight is 1100 g/mol. The highest BCUT2D eigenvalue weighted by Crippen LogP contribution is 2.17. The largest absolute Gasteiger partial charge is 0.462 e. The lowest BCUT2D eigenvalue weighted by molar-refractivity contribution is -0.167. The molecule has 0 radical (unpaired) electrons. The Morgan fingerprint density at radius 1 is 0.266 bits per heavy atom. The summed E-state index contributed by atoms with van der Waals surface area (Å²) in [7, 11) is 0. The average Bonchev–Trinajstić information content (AvgIpc) is 3.45. The molecule has 6 nitrogen and oxygen atoms in total. The van der Waals surface area contributed by atoms with Gasteiger partial charge in [0.15, 0.2) is 6.10 Å². The lowest BCUT2D eigenvalue weighted by Gasteiger charge is -2.18. The molecule has 1 atom stereocenters. The van der Waals surface area contributed by atoms with Gasteiger partial charge in [0.2, 0.25) is 0 Å². The Bertz CT molecular complexity index is 1500. The lowest BCUT2D eigenvalue weighted by atomic mass is 10.0. The van der Waals surface area contributed by atoms with Crippen LogP contribution >= 0.6 is 0 Å². The smallest absolute Gasteiger partial charge is 0.306 e. The Balaban J connectivity index is 4.21. The molecule has 6 heteroatoms. The normalized spacial score (nSPS) is 12.6. The highest BCUT2D eigenvalue weighted by molar-refractivity contribution is 5.71. The second-order valence-electron chi connectivity index (χ2n) is 22.7. The number of carbonyl (C=O) groups excluding carboxylic acids is 3. The molecule has 0 spiro atoms. The molecule has 0 aliphatic rings. The molecule has 0 heterocycles. The van der Waals surface area contributed by atoms with E-state index < -0.39 is 6.10 Å². The monoisotopic (exact) mass is 1100 g/mol. The van der Waals surface area contributed by atoms with Gasteiger partial charge in [0.1, 0.15) is 13.2 Å². The van der Waals surface area contributed by atoms with E-state index in [-0.39, 0.29) is 37.5 Å². The van der Waals surface area contributed by atoms with E-state index in [4.69, 9.17) is 14.2 Å². The van der Waals surface area contributed by atoms with E-state index in [1.807, 2.05) is 0 Å². The molecule has 0 aliphatic heterocycles. The van der Waals surface area contributed by atoms with Gasteiger partial charge in [-0.2, -0.15) is 0 Å². The van der Waals surface area contributed by atoms with E-state index in [1.165, 1.54) is 193 Å². The number of hydrogen-bond donors (Lipinski definition) is 0. The molecule has 0 N–H and O–H groups in total. The molecule has 0 bridgehead atoms. The van der Waals surface area contributed by atoms with Crippen molar-refractivity contribution in [2.75, 3.05) is 13.2 Å². The third kappa shape index (κ3) is 65.3. The molecule has 0 saturated carbocycles. The SMILES string of the molecule is CC/C=C\C/C=C\C/C=C\C/C=C\CCCCC(=O)OC(COC(=O)CCCCCCC/C=C\C/C=C\CCCCC)COC(=O)CCCCCCCCCCCCCCCCCCCCC/C=C\CCCCCCCCCC. The summed E-state index contributed by atoms with van der Waals surface area (Å²) in [5, 5.41) is 0. The minimum absolute atomic E-state index is 0.0957. The third-order valence-corrected chi connectivity index (χ3v) is 14.9. The number of rotatable bonds is 62. The number of allylic oxidation sites excluding steroid dienone is 14. The molecule has 0 fully saturated rings. The van der Waals surface area contributed by atoms with Gasteiger partial charge in [-0.1, -0.05) is 292 Å². The van der Waals surface area contributed by atoms with Crippen LogP contribution in [0.5, 0.6) is 0 Å². The molecule has 0 saturated heterocycles. The summed E-state index contributed by atoms with van der Waals surface area (Å²) in [5.74, 6) is -0.939. The van der Waals surface area contributed by atoms with Gasteiger partial charge >= 0.3 is 17.9 Å². The van der Waals surface area contributed by atoms with Gasteiger partial charge < -0.3 is 14.2 Å². The number of esters is 3. The fraction of sp³-hybridized carbons (Fsp3) is 0.767. The molecular weight excluding hydrogens is 973 g/mol. The maximum atomic E-state index is 12.9. The van der Waals surface area contributed by atoms with Crippen molar-refractivity contribution in [3.63, 3.8) is 0 Å². The Morgan fingerprint density at radius 2 is 0.494 bits per heavy atom. The fourth-order valence-electron chi connectivity index (χ4n) is 9.76. The zero-order chi connectivity index (χ0) is 57.1. The number of carbonyl (C=O) groups is 3. The van der Waals surface area contributed by atoms with Crippen LogP contribution in [-0.2, 0) is 28.6 Å². The predicted molar refractivity (Wildman–Crippen MR) is 344 cm³/mol. The number of ether oxygens (including phenoxy) is 3. The summed E-state index contributed by atoms with van der Waals surface area (Å²) >= 11 is 0. The quantitative estimate of drug-likeness (QED) is 0.0261. The van der Waals surface area contributed by atoms with Crippen molar-refractivity contribution in [1.82, 2.24) is 0 Å². The third-order valence-electron chi connectivity index (χ3n) is 14.9. The van der Waals surface area contributed by atoms with E-state index in [1.54, 1.807) is 0 Å². The first-order valence-corrected chi connectivity index (χ1v) is 34.1. The van der Waals surface area contributed by atoms with Crippen LogP contribution in [0.15, 0.2) is 85.1 Å². The van der Waals surface area contributed by atoms with Crippen LogP contribution in [0.3, 0.4) is 0 Å². The van der Waals surface area contributed by atoms with Crippen LogP contribution in [0.4, 0.5) is 0 Å². The Kier molecular flexibility index (Phi) is 64.2. The Labute approximate surface area is 490 Å². The highest BCUT2D eigenvalue weighted by atomic mass is 16.6. The number of hydrogen-bond acceptors (Lipinski definition) is 6. The van der Waals surface area contributed by atoms with E-state index >= 15 is 0 Å². The second-order valence-corrected chi connectivity index (χ2v) is 22.7. The molecule has 0 aromatic carbocycles. The molecule has 0 amide bonds. The van der Waals surface area contributed by atoms with Crippen LogP contribution in [-0.4, -0.2) is 37.2 Å². The molecule has 79 heavy (non-hydrogen) atoms. The molecule has 0 aliphatic carbocycles. The van der Waals surface area contributed by atoms with E-state index in [0.717, 1.165) is 103 Å². The first kappa shape index (κ1) is 75.6. The van der Waals surface area contributed by atoms with Crippen LogP contribution < -0.4 is 0 Å². The van der Waals surface area contributed by atoms with Gasteiger partial charge in [-0.3, -0.25) is 14.4 Å². The fourth-order valence-corrected chi connectivity index (χ4v) is 9.76. The summed E-state index contributed by atoms with van der Waals surface area (Å²) in [6.07, 6.45) is 89.1. The minimum Gasteiger partial charge on any atom is -0.462 e. The lowest BCUT2D eigenvalue weighted by Crippen LogP contribution is -2.30. The van der Waals surface area contributed by atoms with Gasteiger partial charge in [0.25, 0.3) is 0 Å². The van der Waals surface area contributed by atoms with Crippen molar-refractivity contribution in [1.29, 1.82) is 0 Å². The molecule has 0 aromatic rings. The van der Waals surface area contributed by atoms with Crippen LogP contribution in [0.1, 0.15) is 342 Å². The summed E-state index contributed by atoms with van der Waals surface area (Å²) in [4.78, 5) is 38.3. The maximum Gasteiger partial charge on any atom is 0.306 e. The minimum atomic E-state index is -0.805. The van der Waals surface area contributed by atoms with Gasteiger partial charge in [-0.15, -0.1) is 0 Å². The Morgan fingerprint density at radius 3 is 0.835 bits per heavy atom. The van der Waals surface area contributed by atoms with E-state index in [0.29, 0.717) is 19.3 Å². The molecular formula is C73H128O6. The van der Waals surface area contributed by atoms with E-state index in [9.17, 15) is 14.4 Å². The summed E-state index contributed by atoms with van der Waals surface area (Å²) in [6, 6.07) is 0. The van der Waals surface area contributed by atoms with Gasteiger partial charge in [0.05, 0.1) is 0 Å². The van der Waals surface area contributed by atoms with Crippen molar-refractivity contribution in [3.05, 3.63) is 85.1 Å². The second kappa shape index (κ2) is 67.1. The maximum absolute atomic E-state index is 12.9. The first-order valence-electron chi connectivity index (χ1n) is 34.1. The topological polar surface area (TPSA) is 78.9 Å². The molecule has 0 aromatic heterocycles. The summed E-state index contributed by atoms with van der Waals surface area (Å²) in [6.45, 7) is 6.49. The number of unbranched alkanes of at least 4 members (excludes halogenated alkanes) is 37. The zero-order valence-electron chi connectivity index (χ0n) is 52.4. The zero-order valence-corrected chi connectivity index (χ0v) is 52.4. The summed E-state index contributed by atoms with van der Waals surface area (Å²) < 4.78 is 16.9. The Hall–Kier alpha value is -3.41. The van der Waals surface area contributed by atoms with E-state index in [2.05, 4.69) is 106 Å². The van der Waals surface area contributed by atoms with Gasteiger partial charge in [-0.25, -0.2) is 0 Å². The van der Waals surface area contributed by atoms with Crippen molar-refractivity contribution in [3.8, 4) is 0 Å². The van der Waals surface area contributed by atoms with Crippen molar-refractivity contribution < 1.29 is 28.6 Å². The van der Waals surface area contributed by atoms with Gasteiger partial charge in [0, 0.05) is 19.3 Å². The van der Waals surface area contributed by atoms with Crippen LogP contribution in [0.2, 0.25) is 0 Å². The summed E-state index contributed by atoms with van der Waals surface area (Å²) in [5.41, 5.74) is 0. The molecule has 1 unspecified atom stereocenters.